The average molecular weight is 293 g/mol. The molecule has 0 aliphatic heterocycles. The van der Waals surface area contributed by atoms with Crippen molar-refractivity contribution in [1.29, 1.82) is 0 Å². The van der Waals surface area contributed by atoms with Crippen molar-refractivity contribution in [3.8, 4) is 11.5 Å². The predicted octanol–water partition coefficient (Wildman–Crippen LogP) is 3.57. The Balaban J connectivity index is 2.06. The molecule has 2 aromatic rings. The Bertz CT molecular complexity index is 630. The first-order valence-electron chi connectivity index (χ1n) is 6.51. The Labute approximate surface area is 122 Å². The third-order valence-electron chi connectivity index (χ3n) is 3.08. The molecule has 2 rings (SSSR count). The van der Waals surface area contributed by atoms with Gasteiger partial charge in [-0.3, -0.25) is 0 Å². The fraction of sp³-hybridized carbons (Fsp3) is 0.250. The third-order valence-corrected chi connectivity index (χ3v) is 3.08. The van der Waals surface area contributed by atoms with Crippen molar-refractivity contribution >= 4 is 0 Å². The number of nitrogens with two attached hydrogens (primary N) is 1. The van der Waals surface area contributed by atoms with E-state index in [1.54, 1.807) is 25.1 Å². The number of hydrogen-bond acceptors (Lipinski definition) is 3. The Morgan fingerprint density at radius 3 is 2.43 bits per heavy atom. The summed E-state index contributed by atoms with van der Waals surface area (Å²) in [5, 5.41) is 0. The number of halogens is 2. The largest absolute Gasteiger partial charge is 0.494 e. The lowest BCUT2D eigenvalue weighted by Crippen LogP contribution is -2.07. The van der Waals surface area contributed by atoms with Gasteiger partial charge in [0.1, 0.15) is 18.2 Å². The molecule has 0 aromatic heterocycles. The standard InChI is InChI=1S/C16H17F2NO2/c1-10(19)13-5-4-12(8-14(13)17)21-9-11-3-6-16(20-2)15(18)7-11/h3-8,10H,9,19H2,1-2H3/t10-/m0/s1. The zero-order chi connectivity index (χ0) is 15.4. The molecule has 0 fully saturated rings. The summed E-state index contributed by atoms with van der Waals surface area (Å²) in [6, 6.07) is 8.66. The fourth-order valence-electron chi connectivity index (χ4n) is 1.93. The van der Waals surface area contributed by atoms with Crippen molar-refractivity contribution < 1.29 is 18.3 Å². The van der Waals surface area contributed by atoms with E-state index in [0.717, 1.165) is 0 Å². The van der Waals surface area contributed by atoms with Crippen LogP contribution in [0.1, 0.15) is 24.1 Å². The van der Waals surface area contributed by atoms with Crippen LogP contribution in [0.3, 0.4) is 0 Å². The number of ether oxygens (including phenoxy) is 2. The van der Waals surface area contributed by atoms with Crippen LogP contribution in [0.25, 0.3) is 0 Å². The van der Waals surface area contributed by atoms with Gasteiger partial charge in [0.15, 0.2) is 11.6 Å². The maximum absolute atomic E-state index is 13.8. The monoisotopic (exact) mass is 293 g/mol. The van der Waals surface area contributed by atoms with E-state index in [9.17, 15) is 8.78 Å². The number of methoxy groups -OCH3 is 1. The molecule has 5 heteroatoms. The predicted molar refractivity (Wildman–Crippen MR) is 76.3 cm³/mol. The third kappa shape index (κ3) is 3.70. The second-order valence-electron chi connectivity index (χ2n) is 4.73. The zero-order valence-corrected chi connectivity index (χ0v) is 11.9. The van der Waals surface area contributed by atoms with Crippen LogP contribution < -0.4 is 15.2 Å². The van der Waals surface area contributed by atoms with E-state index in [4.69, 9.17) is 15.2 Å². The van der Waals surface area contributed by atoms with Gasteiger partial charge < -0.3 is 15.2 Å². The minimum Gasteiger partial charge on any atom is -0.494 e. The van der Waals surface area contributed by atoms with E-state index in [-0.39, 0.29) is 18.4 Å². The Morgan fingerprint density at radius 1 is 1.10 bits per heavy atom. The second kappa shape index (κ2) is 6.54. The van der Waals surface area contributed by atoms with E-state index in [1.165, 1.54) is 25.3 Å². The summed E-state index contributed by atoms with van der Waals surface area (Å²) >= 11 is 0. The first-order chi connectivity index (χ1) is 10.0. The van der Waals surface area contributed by atoms with E-state index in [0.29, 0.717) is 16.9 Å². The summed E-state index contributed by atoms with van der Waals surface area (Å²) in [6.45, 7) is 1.84. The minimum absolute atomic E-state index is 0.137. The van der Waals surface area contributed by atoms with Gasteiger partial charge in [-0.05, 0) is 30.7 Å². The molecule has 0 spiro atoms. The average Bonchev–Trinajstić information content (AvgIpc) is 2.45. The van der Waals surface area contributed by atoms with Crippen LogP contribution >= 0.6 is 0 Å². The lowest BCUT2D eigenvalue weighted by molar-refractivity contribution is 0.303. The number of hydrogen-bond donors (Lipinski definition) is 1. The van der Waals surface area contributed by atoms with E-state index in [1.807, 2.05) is 0 Å². The van der Waals surface area contributed by atoms with Gasteiger partial charge in [0.05, 0.1) is 7.11 Å². The van der Waals surface area contributed by atoms with Gasteiger partial charge in [0.2, 0.25) is 0 Å². The molecule has 0 aliphatic carbocycles. The van der Waals surface area contributed by atoms with E-state index < -0.39 is 11.6 Å². The molecule has 3 nitrogen and oxygen atoms in total. The highest BCUT2D eigenvalue weighted by Gasteiger charge is 2.09. The zero-order valence-electron chi connectivity index (χ0n) is 11.9. The van der Waals surface area contributed by atoms with Crippen molar-refractivity contribution in [2.24, 2.45) is 5.73 Å². The molecule has 0 radical (unpaired) electrons. The summed E-state index contributed by atoms with van der Waals surface area (Å²) in [6.07, 6.45) is 0. The van der Waals surface area contributed by atoms with Crippen molar-refractivity contribution in [1.82, 2.24) is 0 Å². The van der Waals surface area contributed by atoms with Gasteiger partial charge in [-0.1, -0.05) is 12.1 Å². The molecule has 0 aliphatic rings. The maximum atomic E-state index is 13.8. The van der Waals surface area contributed by atoms with Gasteiger partial charge in [-0.25, -0.2) is 8.78 Å². The molecule has 0 unspecified atom stereocenters. The molecule has 0 heterocycles. The van der Waals surface area contributed by atoms with Crippen molar-refractivity contribution in [3.05, 3.63) is 59.2 Å². The minimum atomic E-state index is -0.461. The van der Waals surface area contributed by atoms with Gasteiger partial charge >= 0.3 is 0 Å². The normalized spacial score (nSPS) is 12.0. The van der Waals surface area contributed by atoms with Crippen LogP contribution in [0.15, 0.2) is 36.4 Å². The molecule has 112 valence electrons. The molecule has 2 aromatic carbocycles. The first-order valence-corrected chi connectivity index (χ1v) is 6.51. The lowest BCUT2D eigenvalue weighted by atomic mass is 10.1. The van der Waals surface area contributed by atoms with Gasteiger partial charge in [0, 0.05) is 17.7 Å². The lowest BCUT2D eigenvalue weighted by Gasteiger charge is -2.11. The number of benzene rings is 2. The molecule has 2 N–H and O–H groups in total. The van der Waals surface area contributed by atoms with Crippen molar-refractivity contribution in [2.45, 2.75) is 19.6 Å². The van der Waals surface area contributed by atoms with Gasteiger partial charge in [-0.2, -0.15) is 0 Å². The number of rotatable bonds is 5. The van der Waals surface area contributed by atoms with Crippen LogP contribution in [0.2, 0.25) is 0 Å². The van der Waals surface area contributed by atoms with Gasteiger partial charge in [0.25, 0.3) is 0 Å². The SMILES string of the molecule is COc1ccc(COc2ccc([C@H](C)N)c(F)c2)cc1F. The Kier molecular flexibility index (Phi) is 4.75. The van der Waals surface area contributed by atoms with Crippen LogP contribution in [-0.4, -0.2) is 7.11 Å². The molecule has 0 amide bonds. The summed E-state index contributed by atoms with van der Waals surface area (Å²) in [5.41, 5.74) is 6.70. The van der Waals surface area contributed by atoms with Crippen molar-refractivity contribution in [2.75, 3.05) is 7.11 Å². The Hall–Kier alpha value is -2.14. The molecule has 21 heavy (non-hydrogen) atoms. The molecular weight excluding hydrogens is 276 g/mol. The maximum Gasteiger partial charge on any atom is 0.165 e. The van der Waals surface area contributed by atoms with E-state index in [2.05, 4.69) is 0 Å². The molecule has 0 saturated heterocycles. The summed E-state index contributed by atoms with van der Waals surface area (Å²) in [7, 11) is 1.40. The van der Waals surface area contributed by atoms with Crippen LogP contribution in [0, 0.1) is 11.6 Å². The molecule has 0 bridgehead atoms. The summed E-state index contributed by atoms with van der Waals surface area (Å²) in [5.74, 6) is -0.334. The second-order valence-corrected chi connectivity index (χ2v) is 4.73. The molecule has 0 saturated carbocycles. The van der Waals surface area contributed by atoms with Crippen LogP contribution in [0.5, 0.6) is 11.5 Å². The first kappa shape index (κ1) is 15.3. The van der Waals surface area contributed by atoms with Gasteiger partial charge in [-0.15, -0.1) is 0 Å². The highest BCUT2D eigenvalue weighted by Crippen LogP contribution is 2.22. The Morgan fingerprint density at radius 2 is 1.86 bits per heavy atom. The fourth-order valence-corrected chi connectivity index (χ4v) is 1.93. The van der Waals surface area contributed by atoms with E-state index >= 15 is 0 Å². The molecule has 1 atom stereocenters. The van der Waals surface area contributed by atoms with Crippen molar-refractivity contribution in [3.63, 3.8) is 0 Å². The highest BCUT2D eigenvalue weighted by molar-refractivity contribution is 5.32. The summed E-state index contributed by atoms with van der Waals surface area (Å²) < 4.78 is 37.6. The quantitative estimate of drug-likeness (QED) is 0.916. The molecular formula is C16H17F2NO2. The van der Waals surface area contributed by atoms with Crippen LogP contribution in [-0.2, 0) is 6.61 Å². The summed E-state index contributed by atoms with van der Waals surface area (Å²) in [4.78, 5) is 0. The smallest absolute Gasteiger partial charge is 0.165 e. The highest BCUT2D eigenvalue weighted by atomic mass is 19.1. The topological polar surface area (TPSA) is 44.5 Å². The van der Waals surface area contributed by atoms with Crippen LogP contribution in [0.4, 0.5) is 8.78 Å².